The summed E-state index contributed by atoms with van der Waals surface area (Å²) < 4.78 is 7.62. The predicted molar refractivity (Wildman–Crippen MR) is 70.7 cm³/mol. The normalized spacial score (nSPS) is 11.2. The summed E-state index contributed by atoms with van der Waals surface area (Å²) in [5, 5.41) is 0.895. The summed E-state index contributed by atoms with van der Waals surface area (Å²) in [6.45, 7) is 2.14. The number of hydrogen-bond acceptors (Lipinski definition) is 3. The van der Waals surface area contributed by atoms with Crippen LogP contribution in [0.5, 0.6) is 0 Å². The van der Waals surface area contributed by atoms with Gasteiger partial charge < -0.3 is 14.1 Å². The second-order valence-electron chi connectivity index (χ2n) is 3.84. The van der Waals surface area contributed by atoms with Crippen molar-refractivity contribution < 1.29 is 9.53 Å². The van der Waals surface area contributed by atoms with Crippen LogP contribution < -0.4 is 0 Å². The Kier molecular flexibility index (Phi) is 2.59. The van der Waals surface area contributed by atoms with Gasteiger partial charge in [0.2, 0.25) is 0 Å². The molecular formula is C12H10BrN3O2. The average Bonchev–Trinajstić information content (AvgIpc) is 2.90. The van der Waals surface area contributed by atoms with Crippen molar-refractivity contribution in [2.24, 2.45) is 0 Å². The van der Waals surface area contributed by atoms with Crippen LogP contribution in [0.4, 0.5) is 0 Å². The summed E-state index contributed by atoms with van der Waals surface area (Å²) in [5.41, 5.74) is 2.11. The molecule has 0 radical (unpaired) electrons. The number of carbonyl (C=O) groups is 1. The smallest absolute Gasteiger partial charge is 0.354 e. The molecule has 0 saturated carbocycles. The lowest BCUT2D eigenvalue weighted by atomic mass is 10.3. The molecule has 3 aromatic rings. The van der Waals surface area contributed by atoms with Gasteiger partial charge in [0.15, 0.2) is 0 Å². The van der Waals surface area contributed by atoms with E-state index in [1.165, 1.54) is 0 Å². The van der Waals surface area contributed by atoms with Crippen molar-refractivity contribution in [2.45, 2.75) is 6.92 Å². The van der Waals surface area contributed by atoms with Gasteiger partial charge in [-0.15, -0.1) is 0 Å². The maximum absolute atomic E-state index is 11.7. The Hall–Kier alpha value is -1.82. The number of halogens is 1. The van der Waals surface area contributed by atoms with E-state index in [1.807, 2.05) is 22.9 Å². The number of esters is 1. The lowest BCUT2D eigenvalue weighted by Crippen LogP contribution is -2.04. The highest BCUT2D eigenvalue weighted by atomic mass is 79.9. The van der Waals surface area contributed by atoms with Crippen LogP contribution in [0.1, 0.15) is 17.4 Å². The number of rotatable bonds is 2. The van der Waals surface area contributed by atoms with Crippen LogP contribution in [0.3, 0.4) is 0 Å². The molecule has 0 aliphatic carbocycles. The highest BCUT2D eigenvalue weighted by Crippen LogP contribution is 2.22. The number of aromatic nitrogens is 3. The van der Waals surface area contributed by atoms with Gasteiger partial charge in [0.25, 0.3) is 0 Å². The number of ether oxygens (including phenoxy) is 1. The molecule has 3 rings (SSSR count). The zero-order valence-electron chi connectivity index (χ0n) is 9.61. The molecule has 0 amide bonds. The molecule has 0 spiro atoms. The van der Waals surface area contributed by atoms with Crippen molar-refractivity contribution in [3.63, 3.8) is 0 Å². The van der Waals surface area contributed by atoms with Crippen molar-refractivity contribution in [1.82, 2.24) is 14.4 Å². The number of nitrogens with one attached hydrogen (secondary N) is 1. The van der Waals surface area contributed by atoms with E-state index in [2.05, 4.69) is 25.9 Å². The minimum atomic E-state index is -0.350. The predicted octanol–water partition coefficient (Wildman–Crippen LogP) is 2.75. The third-order valence-corrected chi connectivity index (χ3v) is 3.07. The number of nitrogens with zero attached hydrogens (tertiary/aromatic N) is 2. The van der Waals surface area contributed by atoms with E-state index in [1.54, 1.807) is 13.0 Å². The number of aromatic amines is 1. The molecule has 0 unspecified atom stereocenters. The first-order chi connectivity index (χ1) is 8.69. The topological polar surface area (TPSA) is 59.4 Å². The molecule has 0 fully saturated rings. The molecule has 0 bridgehead atoms. The van der Waals surface area contributed by atoms with Gasteiger partial charge in [-0.3, -0.25) is 0 Å². The van der Waals surface area contributed by atoms with E-state index < -0.39 is 0 Å². The van der Waals surface area contributed by atoms with Crippen molar-refractivity contribution in [3.05, 3.63) is 34.8 Å². The summed E-state index contributed by atoms with van der Waals surface area (Å²) in [6, 6.07) is 3.67. The Morgan fingerprint density at radius 2 is 2.44 bits per heavy atom. The molecule has 92 valence electrons. The summed E-state index contributed by atoms with van der Waals surface area (Å²) in [7, 11) is 0. The lowest BCUT2D eigenvalue weighted by molar-refractivity contribution is 0.0520. The average molecular weight is 308 g/mol. The minimum absolute atomic E-state index is 0.350. The van der Waals surface area contributed by atoms with Gasteiger partial charge in [-0.1, -0.05) is 0 Å². The van der Waals surface area contributed by atoms with Gasteiger partial charge in [-0.05, 0) is 35.0 Å². The fraction of sp³-hybridized carbons (Fsp3) is 0.167. The van der Waals surface area contributed by atoms with Gasteiger partial charge in [0, 0.05) is 17.8 Å². The number of H-pyrrole nitrogens is 1. The van der Waals surface area contributed by atoms with Crippen molar-refractivity contribution >= 4 is 38.4 Å². The first-order valence-corrected chi connectivity index (χ1v) is 6.31. The maximum atomic E-state index is 11.7. The third-order valence-electron chi connectivity index (χ3n) is 2.69. The molecular weight excluding hydrogens is 298 g/mol. The Bertz CT molecular complexity index is 744. The van der Waals surface area contributed by atoms with E-state index in [0.29, 0.717) is 12.3 Å². The van der Waals surface area contributed by atoms with Crippen molar-refractivity contribution in [3.8, 4) is 0 Å². The van der Waals surface area contributed by atoms with Gasteiger partial charge >= 0.3 is 5.97 Å². The van der Waals surface area contributed by atoms with Crippen molar-refractivity contribution in [2.75, 3.05) is 6.61 Å². The highest BCUT2D eigenvalue weighted by Gasteiger charge is 2.13. The molecule has 1 N–H and O–H groups in total. The summed E-state index contributed by atoms with van der Waals surface area (Å²) >= 11 is 3.34. The lowest BCUT2D eigenvalue weighted by Gasteiger charge is -1.96. The van der Waals surface area contributed by atoms with E-state index in [-0.39, 0.29) is 5.97 Å². The van der Waals surface area contributed by atoms with Gasteiger partial charge in [0.05, 0.1) is 12.1 Å². The van der Waals surface area contributed by atoms with Gasteiger partial charge in [-0.25, -0.2) is 9.78 Å². The third kappa shape index (κ3) is 1.69. The molecule has 0 aliphatic heterocycles. The first-order valence-electron chi connectivity index (χ1n) is 5.52. The Morgan fingerprint density at radius 3 is 3.22 bits per heavy atom. The zero-order valence-corrected chi connectivity index (χ0v) is 11.2. The summed E-state index contributed by atoms with van der Waals surface area (Å²) in [6.07, 6.45) is 3.76. The van der Waals surface area contributed by atoms with E-state index in [9.17, 15) is 4.79 Å². The Labute approximate surface area is 111 Å². The van der Waals surface area contributed by atoms with Crippen LogP contribution in [0.25, 0.3) is 16.6 Å². The van der Waals surface area contributed by atoms with Gasteiger partial charge in [-0.2, -0.15) is 0 Å². The molecule has 3 heterocycles. The summed E-state index contributed by atoms with van der Waals surface area (Å²) in [4.78, 5) is 19.1. The van der Waals surface area contributed by atoms with E-state index in [0.717, 1.165) is 21.2 Å². The molecule has 0 atom stereocenters. The van der Waals surface area contributed by atoms with Crippen LogP contribution in [0.2, 0.25) is 0 Å². The molecule has 0 aromatic carbocycles. The number of pyridine rings is 1. The number of hydrogen-bond donors (Lipinski definition) is 1. The molecule has 18 heavy (non-hydrogen) atoms. The monoisotopic (exact) mass is 307 g/mol. The van der Waals surface area contributed by atoms with E-state index >= 15 is 0 Å². The Morgan fingerprint density at radius 1 is 1.61 bits per heavy atom. The molecule has 3 aromatic heterocycles. The fourth-order valence-electron chi connectivity index (χ4n) is 1.94. The largest absolute Gasteiger partial charge is 0.461 e. The van der Waals surface area contributed by atoms with E-state index in [4.69, 9.17) is 4.74 Å². The molecule has 0 saturated heterocycles. The van der Waals surface area contributed by atoms with Crippen molar-refractivity contribution in [1.29, 1.82) is 0 Å². The second-order valence-corrected chi connectivity index (χ2v) is 4.65. The Balaban J connectivity index is 2.22. The number of carbonyl (C=O) groups excluding carboxylic acids is 1. The second kappa shape index (κ2) is 4.13. The standard InChI is InChI=1S/C12H10BrN3O2/c1-2-18-12(17)9-5-7-8(14-9)3-4-16-6-10(13)15-11(7)16/h3-6,14H,2H2,1H3. The summed E-state index contributed by atoms with van der Waals surface area (Å²) in [5.74, 6) is -0.350. The molecule has 5 nitrogen and oxygen atoms in total. The number of fused-ring (bicyclic) bond motifs is 3. The van der Waals surface area contributed by atoms with Gasteiger partial charge in [0.1, 0.15) is 15.9 Å². The number of imidazole rings is 1. The van der Waals surface area contributed by atoms with Crippen LogP contribution >= 0.6 is 15.9 Å². The first kappa shape index (κ1) is 11.3. The quantitative estimate of drug-likeness (QED) is 0.741. The van der Waals surface area contributed by atoms with Crippen LogP contribution in [-0.2, 0) is 4.74 Å². The molecule has 0 aliphatic rings. The minimum Gasteiger partial charge on any atom is -0.461 e. The maximum Gasteiger partial charge on any atom is 0.354 e. The van der Waals surface area contributed by atoms with Crippen LogP contribution in [0, 0.1) is 0 Å². The SMILES string of the molecule is CCOC(=O)c1cc2c(ccn3cc(Br)nc23)[nH]1. The highest BCUT2D eigenvalue weighted by molar-refractivity contribution is 9.10. The zero-order chi connectivity index (χ0) is 12.7. The fourth-order valence-corrected chi connectivity index (χ4v) is 2.33. The molecule has 6 heteroatoms. The van der Waals surface area contributed by atoms with Crippen LogP contribution in [0.15, 0.2) is 29.1 Å². The van der Waals surface area contributed by atoms with Crippen LogP contribution in [-0.4, -0.2) is 26.9 Å².